The molecule has 2 unspecified atom stereocenters. The molecule has 1 aromatic rings. The van der Waals surface area contributed by atoms with Crippen LogP contribution in [0.3, 0.4) is 0 Å². The van der Waals surface area contributed by atoms with Gasteiger partial charge in [0.1, 0.15) is 4.90 Å². The van der Waals surface area contributed by atoms with E-state index in [1.807, 2.05) is 6.92 Å². The van der Waals surface area contributed by atoms with Crippen molar-refractivity contribution in [2.45, 2.75) is 30.7 Å². The Hall–Kier alpha value is -1.74. The molecule has 9 heteroatoms. The molecule has 1 aromatic carbocycles. The number of halogens is 1. The lowest BCUT2D eigenvalue weighted by Gasteiger charge is -2.12. The Labute approximate surface area is 121 Å². The highest BCUT2D eigenvalue weighted by atomic mass is 32.2. The molecule has 1 aliphatic rings. The highest BCUT2D eigenvalue weighted by Crippen LogP contribution is 2.36. The van der Waals surface area contributed by atoms with Crippen LogP contribution in [0, 0.1) is 21.8 Å². The van der Waals surface area contributed by atoms with Crippen molar-refractivity contribution in [1.29, 1.82) is 0 Å². The summed E-state index contributed by atoms with van der Waals surface area (Å²) in [6, 6.07) is 1.42. The van der Waals surface area contributed by atoms with E-state index in [0.29, 0.717) is 6.07 Å². The molecule has 2 atom stereocenters. The number of hydrogen-bond donors (Lipinski definition) is 2. The summed E-state index contributed by atoms with van der Waals surface area (Å²) in [5.41, 5.74) is -0.642. The molecule has 7 nitrogen and oxygen atoms in total. The van der Waals surface area contributed by atoms with Gasteiger partial charge in [-0.05, 0) is 12.3 Å². The summed E-state index contributed by atoms with van der Waals surface area (Å²) in [7, 11) is -2.69. The number of nitro groups is 1. The molecule has 0 radical (unpaired) electrons. The summed E-state index contributed by atoms with van der Waals surface area (Å²) in [5, 5.41) is 13.2. The molecule has 116 valence electrons. The van der Waals surface area contributed by atoms with Crippen LogP contribution in [-0.4, -0.2) is 26.4 Å². The maximum Gasteiger partial charge on any atom is 0.274 e. The average molecular weight is 317 g/mol. The van der Waals surface area contributed by atoms with E-state index >= 15 is 0 Å². The summed E-state index contributed by atoms with van der Waals surface area (Å²) in [4.78, 5) is 9.34. The maximum atomic E-state index is 14.0. The SMILES string of the molecule is CCC1CC1NS(=O)(=O)c1c(F)cc([N+](=O)[O-])cc1NC. The van der Waals surface area contributed by atoms with Gasteiger partial charge in [0.2, 0.25) is 10.0 Å². The molecule has 2 N–H and O–H groups in total. The van der Waals surface area contributed by atoms with E-state index in [1.54, 1.807) is 0 Å². The third-order valence-electron chi connectivity index (χ3n) is 3.53. The van der Waals surface area contributed by atoms with Gasteiger partial charge in [-0.3, -0.25) is 10.1 Å². The van der Waals surface area contributed by atoms with Crippen molar-refractivity contribution >= 4 is 21.4 Å². The number of non-ortho nitro benzene ring substituents is 1. The zero-order valence-corrected chi connectivity index (χ0v) is 12.4. The lowest BCUT2D eigenvalue weighted by Crippen LogP contribution is -2.28. The summed E-state index contributed by atoms with van der Waals surface area (Å²) >= 11 is 0. The summed E-state index contributed by atoms with van der Waals surface area (Å²) in [5.74, 6) is -0.881. The predicted octanol–water partition coefficient (Wildman–Crippen LogP) is 1.85. The Morgan fingerprint density at radius 1 is 1.48 bits per heavy atom. The summed E-state index contributed by atoms with van der Waals surface area (Å²) in [6.07, 6.45) is 1.56. The first-order valence-corrected chi connectivity index (χ1v) is 7.96. The Morgan fingerprint density at radius 2 is 2.14 bits per heavy atom. The van der Waals surface area contributed by atoms with E-state index < -0.39 is 31.3 Å². The lowest BCUT2D eigenvalue weighted by atomic mass is 10.2. The first kappa shape index (κ1) is 15.6. The van der Waals surface area contributed by atoms with Crippen LogP contribution in [-0.2, 0) is 10.0 Å². The fourth-order valence-corrected chi connectivity index (χ4v) is 3.82. The molecule has 0 heterocycles. The van der Waals surface area contributed by atoms with Crippen LogP contribution in [0.1, 0.15) is 19.8 Å². The lowest BCUT2D eigenvalue weighted by molar-refractivity contribution is -0.385. The number of nitro benzene ring substituents is 1. The van der Waals surface area contributed by atoms with Gasteiger partial charge >= 0.3 is 0 Å². The van der Waals surface area contributed by atoms with E-state index in [2.05, 4.69) is 10.0 Å². The molecule has 1 aliphatic carbocycles. The van der Waals surface area contributed by atoms with Gasteiger partial charge in [0, 0.05) is 19.2 Å². The molecule has 0 aliphatic heterocycles. The Morgan fingerprint density at radius 3 is 2.62 bits per heavy atom. The second kappa shape index (κ2) is 5.57. The van der Waals surface area contributed by atoms with Gasteiger partial charge in [0.05, 0.1) is 16.7 Å². The van der Waals surface area contributed by atoms with Crippen LogP contribution in [0.5, 0.6) is 0 Å². The second-order valence-electron chi connectivity index (χ2n) is 4.94. The van der Waals surface area contributed by atoms with Crippen molar-refractivity contribution in [3.8, 4) is 0 Å². The zero-order chi connectivity index (χ0) is 15.8. The molecule has 0 saturated heterocycles. The number of nitrogens with one attached hydrogen (secondary N) is 2. The molecular weight excluding hydrogens is 301 g/mol. The van der Waals surface area contributed by atoms with Gasteiger partial charge in [-0.25, -0.2) is 17.5 Å². The highest BCUT2D eigenvalue weighted by molar-refractivity contribution is 7.89. The number of rotatable bonds is 6. The van der Waals surface area contributed by atoms with E-state index in [1.165, 1.54) is 7.05 Å². The first-order chi connectivity index (χ1) is 9.80. The maximum absolute atomic E-state index is 14.0. The number of benzene rings is 1. The van der Waals surface area contributed by atoms with Crippen LogP contribution >= 0.6 is 0 Å². The van der Waals surface area contributed by atoms with E-state index in [4.69, 9.17) is 0 Å². The molecule has 1 fully saturated rings. The van der Waals surface area contributed by atoms with Crippen molar-refractivity contribution in [1.82, 2.24) is 4.72 Å². The van der Waals surface area contributed by atoms with Gasteiger partial charge in [-0.2, -0.15) is 0 Å². The zero-order valence-electron chi connectivity index (χ0n) is 11.6. The van der Waals surface area contributed by atoms with Crippen LogP contribution in [0.2, 0.25) is 0 Å². The summed E-state index contributed by atoms with van der Waals surface area (Å²) < 4.78 is 41.0. The minimum absolute atomic E-state index is 0.136. The number of nitrogens with zero attached hydrogens (tertiary/aromatic N) is 1. The molecule has 0 amide bonds. The number of hydrogen-bond acceptors (Lipinski definition) is 5. The van der Waals surface area contributed by atoms with Gasteiger partial charge < -0.3 is 5.32 Å². The quantitative estimate of drug-likeness (QED) is 0.616. The van der Waals surface area contributed by atoms with Crippen molar-refractivity contribution in [2.24, 2.45) is 5.92 Å². The molecule has 1 saturated carbocycles. The Bertz CT molecular complexity index is 677. The minimum atomic E-state index is -4.07. The largest absolute Gasteiger partial charge is 0.387 e. The van der Waals surface area contributed by atoms with Gasteiger partial charge in [0.25, 0.3) is 5.69 Å². The number of sulfonamides is 1. The van der Waals surface area contributed by atoms with Crippen LogP contribution in [0.25, 0.3) is 0 Å². The highest BCUT2D eigenvalue weighted by Gasteiger charge is 2.40. The third kappa shape index (κ3) is 3.13. The normalized spacial score (nSPS) is 21.1. The van der Waals surface area contributed by atoms with Crippen LogP contribution in [0.15, 0.2) is 17.0 Å². The molecule has 0 spiro atoms. The van der Waals surface area contributed by atoms with Crippen molar-refractivity contribution in [2.75, 3.05) is 12.4 Å². The summed E-state index contributed by atoms with van der Waals surface area (Å²) in [6.45, 7) is 1.95. The van der Waals surface area contributed by atoms with Crippen LogP contribution < -0.4 is 10.0 Å². The van der Waals surface area contributed by atoms with E-state index in [9.17, 15) is 22.9 Å². The van der Waals surface area contributed by atoms with Gasteiger partial charge in [0.15, 0.2) is 5.82 Å². The van der Waals surface area contributed by atoms with Crippen molar-refractivity contribution < 1.29 is 17.7 Å². The molecule has 0 aromatic heterocycles. The molecule has 21 heavy (non-hydrogen) atoms. The van der Waals surface area contributed by atoms with Crippen molar-refractivity contribution in [3.63, 3.8) is 0 Å². The molecular formula is C12H16FN3O4S. The molecule has 0 bridgehead atoms. The van der Waals surface area contributed by atoms with Crippen LogP contribution in [0.4, 0.5) is 15.8 Å². The fourth-order valence-electron chi connectivity index (χ4n) is 2.24. The number of anilines is 1. The predicted molar refractivity (Wildman–Crippen MR) is 75.1 cm³/mol. The third-order valence-corrected chi connectivity index (χ3v) is 5.10. The fraction of sp³-hybridized carbons (Fsp3) is 0.500. The average Bonchev–Trinajstić information content (AvgIpc) is 3.14. The first-order valence-electron chi connectivity index (χ1n) is 6.48. The Balaban J connectivity index is 2.40. The monoisotopic (exact) mass is 317 g/mol. The Kier molecular flexibility index (Phi) is 4.15. The minimum Gasteiger partial charge on any atom is -0.387 e. The van der Waals surface area contributed by atoms with Crippen molar-refractivity contribution in [3.05, 3.63) is 28.1 Å². The van der Waals surface area contributed by atoms with Gasteiger partial charge in [-0.15, -0.1) is 0 Å². The smallest absolute Gasteiger partial charge is 0.274 e. The van der Waals surface area contributed by atoms with E-state index in [-0.39, 0.29) is 17.6 Å². The second-order valence-corrected chi connectivity index (χ2v) is 6.59. The topological polar surface area (TPSA) is 101 Å². The van der Waals surface area contributed by atoms with Gasteiger partial charge in [-0.1, -0.05) is 13.3 Å². The standard InChI is InChI=1S/C12H16FN3O4S/c1-3-7-4-10(7)15-21(19,20)12-9(13)5-8(16(17)18)6-11(12)14-2/h5-7,10,14-15H,3-4H2,1-2H3. The molecule has 2 rings (SSSR count). The van der Waals surface area contributed by atoms with E-state index in [0.717, 1.165) is 18.9 Å².